The summed E-state index contributed by atoms with van der Waals surface area (Å²) in [6.45, 7) is 3.99. The Hall–Kier alpha value is -4.34. The topological polar surface area (TPSA) is 88.4 Å². The van der Waals surface area contributed by atoms with Crippen LogP contribution in [-0.4, -0.2) is 31.4 Å². The summed E-state index contributed by atoms with van der Waals surface area (Å²) in [5, 5.41) is 0.654. The first-order valence-corrected chi connectivity index (χ1v) is 14.4. The molecule has 0 spiro atoms. The molecule has 216 valence electrons. The molecule has 1 aliphatic rings. The third-order valence-corrected chi connectivity index (χ3v) is 8.00. The van der Waals surface area contributed by atoms with Gasteiger partial charge < -0.3 is 18.9 Å². The van der Waals surface area contributed by atoms with Crippen LogP contribution >= 0.6 is 22.9 Å². The second-order valence-electron chi connectivity index (χ2n) is 9.36. The molecule has 0 saturated carbocycles. The lowest BCUT2D eigenvalue weighted by Gasteiger charge is -2.26. The Morgan fingerprint density at radius 1 is 1.05 bits per heavy atom. The number of hydrogen-bond acceptors (Lipinski definition) is 8. The molecule has 0 N–H and O–H groups in total. The van der Waals surface area contributed by atoms with E-state index in [-0.39, 0.29) is 17.7 Å². The zero-order valence-electron chi connectivity index (χ0n) is 23.5. The van der Waals surface area contributed by atoms with Crippen LogP contribution in [0.3, 0.4) is 0 Å². The van der Waals surface area contributed by atoms with Gasteiger partial charge >= 0.3 is 5.97 Å². The van der Waals surface area contributed by atoms with Gasteiger partial charge in [-0.1, -0.05) is 53.3 Å². The first-order chi connectivity index (χ1) is 20.3. The molecule has 0 aliphatic carbocycles. The Bertz CT molecular complexity index is 1840. The molecule has 0 unspecified atom stereocenters. The summed E-state index contributed by atoms with van der Waals surface area (Å²) in [6.07, 6.45) is 1.78. The molecule has 0 amide bonds. The number of para-hydroxylation sites is 1. The molecule has 0 bridgehead atoms. The van der Waals surface area contributed by atoms with Gasteiger partial charge in [0.1, 0.15) is 29.9 Å². The minimum atomic E-state index is -0.820. The molecule has 0 radical (unpaired) electrons. The van der Waals surface area contributed by atoms with Gasteiger partial charge in [-0.25, -0.2) is 9.79 Å². The number of methoxy groups -OCH3 is 2. The van der Waals surface area contributed by atoms with E-state index in [1.165, 1.54) is 23.0 Å². The zero-order valence-corrected chi connectivity index (χ0v) is 25.1. The largest absolute Gasteiger partial charge is 0.497 e. The van der Waals surface area contributed by atoms with Gasteiger partial charge in [-0.05, 0) is 55.8 Å². The number of carbonyl (C=O) groups excluding carboxylic acids is 1. The predicted octanol–water partition coefficient (Wildman–Crippen LogP) is 5.05. The number of esters is 1. The van der Waals surface area contributed by atoms with E-state index in [2.05, 4.69) is 4.99 Å². The second kappa shape index (κ2) is 12.7. The van der Waals surface area contributed by atoms with Gasteiger partial charge in [-0.15, -0.1) is 0 Å². The molecule has 1 aromatic heterocycles. The highest BCUT2D eigenvalue weighted by Gasteiger charge is 2.35. The second-order valence-corrected chi connectivity index (χ2v) is 10.8. The van der Waals surface area contributed by atoms with Crippen LogP contribution in [-0.2, 0) is 16.1 Å². The van der Waals surface area contributed by atoms with Crippen LogP contribution in [0.15, 0.2) is 87.8 Å². The number of fused-ring (bicyclic) bond motifs is 1. The molecule has 0 fully saturated rings. The predicted molar refractivity (Wildman–Crippen MR) is 162 cm³/mol. The average molecular weight is 605 g/mol. The van der Waals surface area contributed by atoms with Crippen LogP contribution in [0.25, 0.3) is 6.08 Å². The standard InChI is InChI=1S/C32H29ClN2O6S/c1-5-40-31(37)28-19(2)34-32-35(29(28)24-15-14-23(38-3)17-26(24)39-4)30(36)27(42-32)16-21-8-6-7-9-25(21)41-18-20-10-12-22(33)13-11-20/h6-17,29H,5,18H2,1-4H3/b27-16-/t29-/m0/s1. The maximum absolute atomic E-state index is 14.1. The summed E-state index contributed by atoms with van der Waals surface area (Å²) in [4.78, 5) is 32.4. The average Bonchev–Trinajstić information content (AvgIpc) is 3.30. The normalized spacial score (nSPS) is 14.7. The number of halogens is 1. The molecular weight excluding hydrogens is 576 g/mol. The SMILES string of the molecule is CCOC(=O)C1=C(C)N=c2s/c(=C\c3ccccc3OCc3ccc(Cl)cc3)c(=O)n2[C@H]1c1ccc(OC)cc1OC. The van der Waals surface area contributed by atoms with Gasteiger partial charge in [0.2, 0.25) is 0 Å². The Labute approximate surface area is 251 Å². The summed E-state index contributed by atoms with van der Waals surface area (Å²) in [5.41, 5.74) is 2.74. The third-order valence-electron chi connectivity index (χ3n) is 6.77. The minimum absolute atomic E-state index is 0.180. The molecule has 3 aromatic carbocycles. The van der Waals surface area contributed by atoms with Crippen molar-refractivity contribution in [1.29, 1.82) is 0 Å². The quantitative estimate of drug-likeness (QED) is 0.249. The first kappa shape index (κ1) is 29.2. The van der Waals surface area contributed by atoms with Crippen molar-refractivity contribution >= 4 is 35.0 Å². The van der Waals surface area contributed by atoms with Gasteiger partial charge in [0.15, 0.2) is 4.80 Å². The van der Waals surface area contributed by atoms with Crippen molar-refractivity contribution in [2.45, 2.75) is 26.5 Å². The van der Waals surface area contributed by atoms with Gasteiger partial charge in [-0.2, -0.15) is 0 Å². The summed E-state index contributed by atoms with van der Waals surface area (Å²) in [5.74, 6) is 1.12. The maximum atomic E-state index is 14.1. The number of aromatic nitrogens is 1. The Balaban J connectivity index is 1.63. The van der Waals surface area contributed by atoms with Crippen LogP contribution in [0.2, 0.25) is 5.02 Å². The molecule has 0 saturated heterocycles. The molecule has 4 aromatic rings. The number of hydrogen-bond donors (Lipinski definition) is 0. The van der Waals surface area contributed by atoms with Crippen LogP contribution in [0.5, 0.6) is 17.2 Å². The highest BCUT2D eigenvalue weighted by atomic mass is 35.5. The Kier molecular flexibility index (Phi) is 8.80. The zero-order chi connectivity index (χ0) is 29.8. The molecule has 8 nitrogen and oxygen atoms in total. The Morgan fingerprint density at radius 2 is 1.81 bits per heavy atom. The monoisotopic (exact) mass is 604 g/mol. The number of benzene rings is 3. The lowest BCUT2D eigenvalue weighted by Crippen LogP contribution is -2.40. The van der Waals surface area contributed by atoms with Crippen LogP contribution < -0.4 is 29.1 Å². The van der Waals surface area contributed by atoms with E-state index in [0.717, 1.165) is 11.1 Å². The smallest absolute Gasteiger partial charge is 0.338 e. The summed E-state index contributed by atoms with van der Waals surface area (Å²) in [7, 11) is 3.09. The molecule has 42 heavy (non-hydrogen) atoms. The number of rotatable bonds is 9. The van der Waals surface area contributed by atoms with Crippen molar-refractivity contribution in [3.05, 3.63) is 119 Å². The molecule has 5 rings (SSSR count). The number of ether oxygens (including phenoxy) is 4. The fourth-order valence-corrected chi connectivity index (χ4v) is 5.91. The fourth-order valence-electron chi connectivity index (χ4n) is 4.74. The van der Waals surface area contributed by atoms with Crippen molar-refractivity contribution in [2.75, 3.05) is 20.8 Å². The van der Waals surface area contributed by atoms with Gasteiger partial charge in [0.05, 0.1) is 36.6 Å². The van der Waals surface area contributed by atoms with Gasteiger partial charge in [-0.3, -0.25) is 9.36 Å². The van der Waals surface area contributed by atoms with Gasteiger partial charge in [0, 0.05) is 22.2 Å². The highest BCUT2D eigenvalue weighted by Crippen LogP contribution is 2.37. The number of nitrogens with zero attached hydrogens (tertiary/aromatic N) is 2. The fraction of sp³-hybridized carbons (Fsp3) is 0.219. The molecule has 10 heteroatoms. The summed E-state index contributed by atoms with van der Waals surface area (Å²) in [6, 6.07) is 19.4. The van der Waals surface area contributed by atoms with E-state index in [0.29, 0.717) is 49.5 Å². The molecule has 2 heterocycles. The molecule has 1 aliphatic heterocycles. The maximum Gasteiger partial charge on any atom is 0.338 e. The minimum Gasteiger partial charge on any atom is -0.497 e. The first-order valence-electron chi connectivity index (χ1n) is 13.2. The summed E-state index contributed by atoms with van der Waals surface area (Å²) >= 11 is 7.25. The van der Waals surface area contributed by atoms with Crippen molar-refractivity contribution in [3.8, 4) is 17.2 Å². The summed E-state index contributed by atoms with van der Waals surface area (Å²) < 4.78 is 24.5. The lowest BCUT2D eigenvalue weighted by molar-refractivity contribution is -0.139. The number of thiazole rings is 1. The van der Waals surface area contributed by atoms with E-state index < -0.39 is 12.0 Å². The number of allylic oxidation sites excluding steroid dienone is 1. The van der Waals surface area contributed by atoms with E-state index >= 15 is 0 Å². The number of carbonyl (C=O) groups is 1. The van der Waals surface area contributed by atoms with E-state index in [1.54, 1.807) is 45.2 Å². The van der Waals surface area contributed by atoms with Crippen molar-refractivity contribution in [2.24, 2.45) is 4.99 Å². The molecular formula is C32H29ClN2O6S. The molecule has 1 atom stereocenters. The van der Waals surface area contributed by atoms with E-state index in [1.807, 2.05) is 48.5 Å². The van der Waals surface area contributed by atoms with Gasteiger partial charge in [0.25, 0.3) is 5.56 Å². The van der Waals surface area contributed by atoms with Crippen molar-refractivity contribution in [3.63, 3.8) is 0 Å². The third kappa shape index (κ3) is 5.84. The van der Waals surface area contributed by atoms with E-state index in [9.17, 15) is 9.59 Å². The highest BCUT2D eigenvalue weighted by molar-refractivity contribution is 7.07. The lowest BCUT2D eigenvalue weighted by atomic mass is 9.95. The Morgan fingerprint density at radius 3 is 2.52 bits per heavy atom. The van der Waals surface area contributed by atoms with E-state index in [4.69, 9.17) is 30.5 Å². The van der Waals surface area contributed by atoms with Crippen LogP contribution in [0.4, 0.5) is 0 Å². The van der Waals surface area contributed by atoms with Crippen molar-refractivity contribution < 1.29 is 23.7 Å². The van der Waals surface area contributed by atoms with Crippen LogP contribution in [0, 0.1) is 0 Å². The van der Waals surface area contributed by atoms with Crippen molar-refractivity contribution in [1.82, 2.24) is 4.57 Å². The van der Waals surface area contributed by atoms with Crippen LogP contribution in [0.1, 0.15) is 36.6 Å².